The largest absolute Gasteiger partial charge is 0.352 e. The molecule has 0 aromatic heterocycles. The summed E-state index contributed by atoms with van der Waals surface area (Å²) < 4.78 is 0. The minimum atomic E-state index is -0.287. The first kappa shape index (κ1) is 19.3. The molecule has 0 bridgehead atoms. The van der Waals surface area contributed by atoms with Crippen molar-refractivity contribution < 1.29 is 9.59 Å². The molecule has 0 aliphatic rings. The van der Waals surface area contributed by atoms with Crippen molar-refractivity contribution in [1.29, 1.82) is 0 Å². The van der Waals surface area contributed by atoms with E-state index in [1.165, 1.54) is 0 Å². The number of hydrogen-bond acceptors (Lipinski definition) is 2. The van der Waals surface area contributed by atoms with Gasteiger partial charge in [-0.15, -0.1) is 0 Å². The van der Waals surface area contributed by atoms with Crippen LogP contribution in [-0.4, -0.2) is 18.4 Å². The topological polar surface area (TPSA) is 58.2 Å². The van der Waals surface area contributed by atoms with E-state index in [4.69, 9.17) is 23.2 Å². The SMILES string of the molecule is CC(C)CCNC(=O)c1ccc(C(=O)Nc2ccc(Cl)c(Cl)c2)cc1. The van der Waals surface area contributed by atoms with Gasteiger partial charge in [-0.25, -0.2) is 0 Å². The zero-order valence-electron chi connectivity index (χ0n) is 14.1. The van der Waals surface area contributed by atoms with Crippen LogP contribution >= 0.6 is 23.2 Å². The molecule has 25 heavy (non-hydrogen) atoms. The zero-order valence-corrected chi connectivity index (χ0v) is 15.6. The van der Waals surface area contributed by atoms with Gasteiger partial charge < -0.3 is 10.6 Å². The summed E-state index contributed by atoms with van der Waals surface area (Å²) in [7, 11) is 0. The molecule has 0 spiro atoms. The van der Waals surface area contributed by atoms with Gasteiger partial charge >= 0.3 is 0 Å². The molecule has 2 amide bonds. The molecule has 2 rings (SSSR count). The molecule has 132 valence electrons. The van der Waals surface area contributed by atoms with Crippen LogP contribution < -0.4 is 10.6 Å². The lowest BCUT2D eigenvalue weighted by atomic mass is 10.1. The van der Waals surface area contributed by atoms with Gasteiger partial charge in [-0.1, -0.05) is 37.0 Å². The fourth-order valence-corrected chi connectivity index (χ4v) is 2.42. The standard InChI is InChI=1S/C19H20Cl2N2O2/c1-12(2)9-10-22-18(24)13-3-5-14(6-4-13)19(25)23-15-7-8-16(20)17(21)11-15/h3-8,11-12H,9-10H2,1-2H3,(H,22,24)(H,23,25). The van der Waals surface area contributed by atoms with Crippen molar-refractivity contribution >= 4 is 40.7 Å². The third kappa shape index (κ3) is 5.76. The Morgan fingerprint density at radius 3 is 2.08 bits per heavy atom. The van der Waals surface area contributed by atoms with Crippen molar-refractivity contribution in [3.8, 4) is 0 Å². The number of amides is 2. The number of carbonyl (C=O) groups is 2. The van der Waals surface area contributed by atoms with Crippen molar-refractivity contribution in [2.24, 2.45) is 5.92 Å². The van der Waals surface area contributed by atoms with Gasteiger partial charge in [0.1, 0.15) is 0 Å². The maximum Gasteiger partial charge on any atom is 0.255 e. The Hall–Kier alpha value is -2.04. The van der Waals surface area contributed by atoms with Gasteiger partial charge in [-0.05, 0) is 54.8 Å². The highest BCUT2D eigenvalue weighted by atomic mass is 35.5. The molecule has 0 saturated carbocycles. The van der Waals surface area contributed by atoms with Crippen molar-refractivity contribution in [1.82, 2.24) is 5.32 Å². The Kier molecular flexibility index (Phi) is 6.85. The Morgan fingerprint density at radius 1 is 0.920 bits per heavy atom. The third-order valence-electron chi connectivity index (χ3n) is 3.59. The number of hydrogen-bond donors (Lipinski definition) is 2. The maximum absolute atomic E-state index is 12.3. The van der Waals surface area contributed by atoms with Crippen LogP contribution in [0.15, 0.2) is 42.5 Å². The number of benzene rings is 2. The monoisotopic (exact) mass is 378 g/mol. The highest BCUT2D eigenvalue weighted by Gasteiger charge is 2.10. The molecule has 0 atom stereocenters. The summed E-state index contributed by atoms with van der Waals surface area (Å²) in [5.41, 5.74) is 1.52. The summed E-state index contributed by atoms with van der Waals surface area (Å²) in [6, 6.07) is 11.4. The van der Waals surface area contributed by atoms with E-state index in [-0.39, 0.29) is 11.8 Å². The van der Waals surface area contributed by atoms with Crippen LogP contribution in [0.1, 0.15) is 41.0 Å². The lowest BCUT2D eigenvalue weighted by Crippen LogP contribution is -2.25. The predicted molar refractivity (Wildman–Crippen MR) is 103 cm³/mol. The summed E-state index contributed by atoms with van der Waals surface area (Å²) >= 11 is 11.8. The Bertz CT molecular complexity index is 759. The molecular formula is C19H20Cl2N2O2. The van der Waals surface area contributed by atoms with Gasteiger partial charge in [0, 0.05) is 23.4 Å². The van der Waals surface area contributed by atoms with E-state index in [9.17, 15) is 9.59 Å². The number of carbonyl (C=O) groups excluding carboxylic acids is 2. The molecule has 2 aromatic carbocycles. The van der Waals surface area contributed by atoms with Crippen LogP contribution in [0, 0.1) is 5.92 Å². The minimum Gasteiger partial charge on any atom is -0.352 e. The first-order valence-electron chi connectivity index (χ1n) is 8.01. The van der Waals surface area contributed by atoms with Gasteiger partial charge in [0.15, 0.2) is 0 Å². The second-order valence-corrected chi connectivity index (χ2v) is 6.91. The molecule has 4 nitrogen and oxygen atoms in total. The summed E-state index contributed by atoms with van der Waals surface area (Å²) in [6.07, 6.45) is 0.926. The molecule has 2 aromatic rings. The van der Waals surface area contributed by atoms with Gasteiger partial charge in [0.2, 0.25) is 0 Å². The first-order valence-corrected chi connectivity index (χ1v) is 8.77. The van der Waals surface area contributed by atoms with E-state index in [2.05, 4.69) is 24.5 Å². The lowest BCUT2D eigenvalue weighted by Gasteiger charge is -2.09. The Balaban J connectivity index is 1.97. The van der Waals surface area contributed by atoms with Gasteiger partial charge in [-0.3, -0.25) is 9.59 Å². The molecule has 0 unspecified atom stereocenters. The van der Waals surface area contributed by atoms with Gasteiger partial charge in [-0.2, -0.15) is 0 Å². The highest BCUT2D eigenvalue weighted by Crippen LogP contribution is 2.25. The normalized spacial score (nSPS) is 10.6. The zero-order chi connectivity index (χ0) is 18.4. The summed E-state index contributed by atoms with van der Waals surface area (Å²) in [6.45, 7) is 4.84. The van der Waals surface area contributed by atoms with Gasteiger partial charge in [0.05, 0.1) is 10.0 Å². The first-order chi connectivity index (χ1) is 11.9. The molecular weight excluding hydrogens is 359 g/mol. The minimum absolute atomic E-state index is 0.142. The lowest BCUT2D eigenvalue weighted by molar-refractivity contribution is 0.0950. The fraction of sp³-hybridized carbons (Fsp3) is 0.263. The quantitative estimate of drug-likeness (QED) is 0.740. The van der Waals surface area contributed by atoms with Crippen LogP contribution in [0.5, 0.6) is 0 Å². The summed E-state index contributed by atoms with van der Waals surface area (Å²) in [5.74, 6) is 0.106. The van der Waals surface area contributed by atoms with E-state index in [1.807, 2.05) is 0 Å². The van der Waals surface area contributed by atoms with E-state index in [0.29, 0.717) is 39.3 Å². The van der Waals surface area contributed by atoms with Crippen LogP contribution in [0.2, 0.25) is 10.0 Å². The van der Waals surface area contributed by atoms with Crippen LogP contribution in [0.25, 0.3) is 0 Å². The van der Waals surface area contributed by atoms with Crippen LogP contribution in [-0.2, 0) is 0 Å². The second-order valence-electron chi connectivity index (χ2n) is 6.10. The molecule has 0 heterocycles. The van der Waals surface area contributed by atoms with Crippen LogP contribution in [0.4, 0.5) is 5.69 Å². The molecule has 0 aliphatic carbocycles. The molecule has 6 heteroatoms. The molecule has 0 fully saturated rings. The molecule has 0 radical (unpaired) electrons. The van der Waals surface area contributed by atoms with Crippen molar-refractivity contribution in [3.05, 3.63) is 63.6 Å². The van der Waals surface area contributed by atoms with E-state index in [0.717, 1.165) is 6.42 Å². The fourth-order valence-electron chi connectivity index (χ4n) is 2.13. The van der Waals surface area contributed by atoms with Crippen molar-refractivity contribution in [2.75, 3.05) is 11.9 Å². The number of anilines is 1. The predicted octanol–water partition coefficient (Wildman–Crippen LogP) is 5.02. The maximum atomic E-state index is 12.3. The Labute approximate surface area is 157 Å². The smallest absolute Gasteiger partial charge is 0.255 e. The average molecular weight is 379 g/mol. The molecule has 2 N–H and O–H groups in total. The van der Waals surface area contributed by atoms with Crippen LogP contribution in [0.3, 0.4) is 0 Å². The number of halogens is 2. The Morgan fingerprint density at radius 2 is 1.52 bits per heavy atom. The number of rotatable bonds is 6. The molecule has 0 aliphatic heterocycles. The average Bonchev–Trinajstić information content (AvgIpc) is 2.58. The van der Waals surface area contributed by atoms with E-state index < -0.39 is 0 Å². The summed E-state index contributed by atoms with van der Waals surface area (Å²) in [4.78, 5) is 24.3. The van der Waals surface area contributed by atoms with E-state index in [1.54, 1.807) is 42.5 Å². The van der Waals surface area contributed by atoms with Gasteiger partial charge in [0.25, 0.3) is 11.8 Å². The highest BCUT2D eigenvalue weighted by molar-refractivity contribution is 6.42. The number of nitrogens with one attached hydrogen (secondary N) is 2. The van der Waals surface area contributed by atoms with Crippen molar-refractivity contribution in [3.63, 3.8) is 0 Å². The third-order valence-corrected chi connectivity index (χ3v) is 4.33. The van der Waals surface area contributed by atoms with Crippen molar-refractivity contribution in [2.45, 2.75) is 20.3 Å². The van der Waals surface area contributed by atoms with E-state index >= 15 is 0 Å². The molecule has 0 saturated heterocycles. The summed E-state index contributed by atoms with van der Waals surface area (Å²) in [5, 5.41) is 6.39. The second kappa shape index (κ2) is 8.88.